The van der Waals surface area contributed by atoms with Gasteiger partial charge in [0.25, 0.3) is 0 Å². The Kier molecular flexibility index (Phi) is 10.4. The van der Waals surface area contributed by atoms with Gasteiger partial charge in [-0.1, -0.05) is 32.0 Å². The molecule has 0 bridgehead atoms. The Hall–Kier alpha value is -3.05. The number of thioether (sulfide) groups is 1. The molecule has 1 aromatic carbocycles. The summed E-state index contributed by atoms with van der Waals surface area (Å²) in [4.78, 5) is 52.4. The van der Waals surface area contributed by atoms with Gasteiger partial charge in [-0.25, -0.2) is 0 Å². The fourth-order valence-electron chi connectivity index (χ4n) is 3.45. The molecule has 11 heteroatoms. The lowest BCUT2D eigenvalue weighted by molar-refractivity contribution is -0.139. The summed E-state index contributed by atoms with van der Waals surface area (Å²) in [7, 11) is 0. The van der Waals surface area contributed by atoms with Crippen molar-refractivity contribution in [1.82, 2.24) is 20.9 Å². The van der Waals surface area contributed by atoms with Crippen molar-refractivity contribution in [3.05, 3.63) is 36.0 Å². The quantitative estimate of drug-likeness (QED) is 0.239. The Morgan fingerprint density at radius 3 is 2.44 bits per heavy atom. The molecule has 186 valence electrons. The number of benzene rings is 1. The summed E-state index contributed by atoms with van der Waals surface area (Å²) in [5, 5.41) is 17.5. The van der Waals surface area contributed by atoms with E-state index in [0.29, 0.717) is 12.2 Å². The summed E-state index contributed by atoms with van der Waals surface area (Å²) in [6.45, 7) is 2.91. The Bertz CT molecular complexity index is 1010. The molecule has 0 saturated heterocycles. The SMILES string of the molecule is CSCCC(N)C(=O)NC(Cc1c[nH]c2ccccc12)C(=O)NC(C(=O)NCC(=O)O)C(C)C. The minimum absolute atomic E-state index is 0.179. The molecule has 0 saturated carbocycles. The highest BCUT2D eigenvalue weighted by Crippen LogP contribution is 2.19. The molecular formula is C23H33N5O5S. The van der Waals surface area contributed by atoms with E-state index in [1.165, 1.54) is 0 Å². The number of hydrogen-bond acceptors (Lipinski definition) is 6. The van der Waals surface area contributed by atoms with Crippen LogP contribution in [0.15, 0.2) is 30.5 Å². The third kappa shape index (κ3) is 7.77. The fourth-order valence-corrected chi connectivity index (χ4v) is 3.94. The standard InChI is InChI=1S/C23H33N5O5S/c1-13(2)20(23(33)26-12-19(29)30)28-22(32)18(27-21(31)16(24)8-9-34-3)10-14-11-25-17-7-5-4-6-15(14)17/h4-7,11,13,16,18,20,25H,8-10,12,24H2,1-3H3,(H,26,33)(H,27,31)(H,28,32)(H,29,30). The van der Waals surface area contributed by atoms with Gasteiger partial charge < -0.3 is 31.8 Å². The van der Waals surface area contributed by atoms with E-state index in [1.54, 1.807) is 31.8 Å². The van der Waals surface area contributed by atoms with Crippen molar-refractivity contribution in [3.63, 3.8) is 0 Å². The van der Waals surface area contributed by atoms with Crippen LogP contribution in [0, 0.1) is 5.92 Å². The van der Waals surface area contributed by atoms with Gasteiger partial charge in [0.1, 0.15) is 18.6 Å². The second-order valence-corrected chi connectivity index (χ2v) is 9.34. The number of nitrogens with two attached hydrogens (primary N) is 1. The second kappa shape index (κ2) is 13.0. The number of aromatic nitrogens is 1. The first-order chi connectivity index (χ1) is 16.1. The molecule has 1 aromatic heterocycles. The Morgan fingerprint density at radius 2 is 1.79 bits per heavy atom. The zero-order chi connectivity index (χ0) is 25.3. The summed E-state index contributed by atoms with van der Waals surface area (Å²) in [6.07, 6.45) is 4.34. The van der Waals surface area contributed by atoms with Gasteiger partial charge in [-0.05, 0) is 36.0 Å². The van der Waals surface area contributed by atoms with Crippen molar-refractivity contribution in [2.75, 3.05) is 18.6 Å². The van der Waals surface area contributed by atoms with Crippen LogP contribution >= 0.6 is 11.8 Å². The first-order valence-corrected chi connectivity index (χ1v) is 12.4. The van der Waals surface area contributed by atoms with E-state index in [-0.39, 0.29) is 12.3 Å². The average molecular weight is 492 g/mol. The molecule has 2 aromatic rings. The number of nitrogens with one attached hydrogen (secondary N) is 4. The van der Waals surface area contributed by atoms with Crippen LogP contribution in [0.3, 0.4) is 0 Å². The van der Waals surface area contributed by atoms with Gasteiger partial charge in [0, 0.05) is 23.5 Å². The average Bonchev–Trinajstić information content (AvgIpc) is 3.21. The van der Waals surface area contributed by atoms with Crippen molar-refractivity contribution < 1.29 is 24.3 Å². The summed E-state index contributed by atoms with van der Waals surface area (Å²) in [5.41, 5.74) is 7.72. The monoisotopic (exact) mass is 491 g/mol. The third-order valence-electron chi connectivity index (χ3n) is 5.36. The van der Waals surface area contributed by atoms with Crippen LogP contribution in [0.2, 0.25) is 0 Å². The number of para-hydroxylation sites is 1. The second-order valence-electron chi connectivity index (χ2n) is 8.35. The minimum atomic E-state index is -1.19. The maximum absolute atomic E-state index is 13.3. The highest BCUT2D eigenvalue weighted by molar-refractivity contribution is 7.98. The van der Waals surface area contributed by atoms with Crippen molar-refractivity contribution in [3.8, 4) is 0 Å². The highest BCUT2D eigenvalue weighted by Gasteiger charge is 2.30. The molecular weight excluding hydrogens is 458 g/mol. The van der Waals surface area contributed by atoms with Crippen LogP contribution in [0.5, 0.6) is 0 Å². The van der Waals surface area contributed by atoms with Crippen molar-refractivity contribution in [1.29, 1.82) is 0 Å². The lowest BCUT2D eigenvalue weighted by Gasteiger charge is -2.26. The number of aliphatic carboxylic acids is 1. The van der Waals surface area contributed by atoms with E-state index in [2.05, 4.69) is 20.9 Å². The molecule has 3 amide bonds. The van der Waals surface area contributed by atoms with Gasteiger partial charge in [-0.3, -0.25) is 19.2 Å². The largest absolute Gasteiger partial charge is 0.480 e. The Labute approximate surface area is 202 Å². The van der Waals surface area contributed by atoms with Gasteiger partial charge >= 0.3 is 5.97 Å². The molecule has 3 atom stereocenters. The van der Waals surface area contributed by atoms with Crippen LogP contribution in [-0.2, 0) is 25.6 Å². The van der Waals surface area contributed by atoms with Crippen LogP contribution < -0.4 is 21.7 Å². The van der Waals surface area contributed by atoms with E-state index in [9.17, 15) is 19.2 Å². The topological polar surface area (TPSA) is 166 Å². The zero-order valence-corrected chi connectivity index (χ0v) is 20.4. The smallest absolute Gasteiger partial charge is 0.322 e. The van der Waals surface area contributed by atoms with E-state index >= 15 is 0 Å². The van der Waals surface area contributed by atoms with Gasteiger partial charge in [0.15, 0.2) is 0 Å². The van der Waals surface area contributed by atoms with Gasteiger partial charge in [-0.15, -0.1) is 0 Å². The molecule has 3 unspecified atom stereocenters. The summed E-state index contributed by atoms with van der Waals surface area (Å²) in [5.74, 6) is -2.42. The number of fused-ring (bicyclic) bond motifs is 1. The molecule has 34 heavy (non-hydrogen) atoms. The van der Waals surface area contributed by atoms with E-state index < -0.39 is 48.4 Å². The number of amides is 3. The van der Waals surface area contributed by atoms with Crippen molar-refractivity contribution >= 4 is 46.4 Å². The van der Waals surface area contributed by atoms with Crippen LogP contribution in [0.4, 0.5) is 0 Å². The van der Waals surface area contributed by atoms with Crippen LogP contribution in [0.25, 0.3) is 10.9 Å². The number of carboxylic acid groups (broad SMARTS) is 1. The number of rotatable bonds is 13. The molecule has 0 aliphatic heterocycles. The fraction of sp³-hybridized carbons (Fsp3) is 0.478. The predicted octanol–water partition coefficient (Wildman–Crippen LogP) is 0.617. The van der Waals surface area contributed by atoms with Gasteiger partial charge in [0.05, 0.1) is 6.04 Å². The summed E-state index contributed by atoms with van der Waals surface area (Å²) >= 11 is 1.57. The number of hydrogen-bond donors (Lipinski definition) is 6. The van der Waals surface area contributed by atoms with Gasteiger partial charge in [-0.2, -0.15) is 11.8 Å². The van der Waals surface area contributed by atoms with E-state index in [0.717, 1.165) is 16.5 Å². The van der Waals surface area contributed by atoms with Crippen LogP contribution in [0.1, 0.15) is 25.8 Å². The van der Waals surface area contributed by atoms with Crippen molar-refractivity contribution in [2.45, 2.75) is 44.8 Å². The number of aromatic amines is 1. The number of H-pyrrole nitrogens is 1. The number of carbonyl (C=O) groups is 4. The minimum Gasteiger partial charge on any atom is -0.480 e. The Balaban J connectivity index is 2.23. The first kappa shape index (κ1) is 27.2. The third-order valence-corrected chi connectivity index (χ3v) is 6.01. The molecule has 0 radical (unpaired) electrons. The van der Waals surface area contributed by atoms with E-state index in [4.69, 9.17) is 10.8 Å². The molecule has 0 aliphatic rings. The Morgan fingerprint density at radius 1 is 1.09 bits per heavy atom. The molecule has 10 nitrogen and oxygen atoms in total. The highest BCUT2D eigenvalue weighted by atomic mass is 32.2. The van der Waals surface area contributed by atoms with Crippen LogP contribution in [-0.4, -0.2) is 70.5 Å². The van der Waals surface area contributed by atoms with E-state index in [1.807, 2.05) is 30.5 Å². The maximum Gasteiger partial charge on any atom is 0.322 e. The lowest BCUT2D eigenvalue weighted by atomic mass is 10.0. The molecule has 0 spiro atoms. The summed E-state index contributed by atoms with van der Waals surface area (Å²) < 4.78 is 0. The predicted molar refractivity (Wildman–Crippen MR) is 132 cm³/mol. The zero-order valence-electron chi connectivity index (χ0n) is 19.6. The molecule has 0 aliphatic carbocycles. The molecule has 2 rings (SSSR count). The molecule has 1 heterocycles. The summed E-state index contributed by atoms with van der Waals surface area (Å²) in [6, 6.07) is 4.87. The number of carbonyl (C=O) groups excluding carboxylic acids is 3. The first-order valence-electron chi connectivity index (χ1n) is 11.0. The molecule has 7 N–H and O–H groups in total. The van der Waals surface area contributed by atoms with Crippen molar-refractivity contribution in [2.24, 2.45) is 11.7 Å². The maximum atomic E-state index is 13.3. The van der Waals surface area contributed by atoms with Gasteiger partial charge in [0.2, 0.25) is 17.7 Å². The molecule has 0 fully saturated rings. The lowest BCUT2D eigenvalue weighted by Crippen LogP contribution is -2.57. The number of carboxylic acids is 1. The normalized spacial score (nSPS) is 13.8.